The molecular weight excluding hydrogens is 288 g/mol. The Morgan fingerprint density at radius 1 is 1.29 bits per heavy atom. The van der Waals surface area contributed by atoms with Crippen LogP contribution in [0.4, 0.5) is 5.95 Å². The lowest BCUT2D eigenvalue weighted by molar-refractivity contribution is 0.0967. The van der Waals surface area contributed by atoms with Crippen molar-refractivity contribution in [2.24, 2.45) is 0 Å². The number of nitrogens with zero attached hydrogens (tertiary/aromatic N) is 2. The molecule has 2 heterocycles. The van der Waals surface area contributed by atoms with Crippen molar-refractivity contribution in [2.75, 3.05) is 12.8 Å². The molecule has 1 aromatic carbocycles. The Balaban J connectivity index is 2.08. The minimum atomic E-state index is -0.178. The van der Waals surface area contributed by atoms with E-state index in [1.165, 1.54) is 11.3 Å². The van der Waals surface area contributed by atoms with Gasteiger partial charge in [-0.1, -0.05) is 18.2 Å². The molecule has 0 aliphatic rings. The Bertz CT molecular complexity index is 801. The highest BCUT2D eigenvalue weighted by Gasteiger charge is 2.15. The van der Waals surface area contributed by atoms with Gasteiger partial charge in [-0.05, 0) is 18.2 Å². The number of nitrogens with two attached hydrogens (primary N) is 1. The zero-order valence-electron chi connectivity index (χ0n) is 11.2. The highest BCUT2D eigenvalue weighted by atomic mass is 32.1. The molecule has 1 amide bonds. The van der Waals surface area contributed by atoms with Crippen LogP contribution in [0.5, 0.6) is 11.6 Å². The van der Waals surface area contributed by atoms with Gasteiger partial charge in [0, 0.05) is 7.05 Å². The van der Waals surface area contributed by atoms with Gasteiger partial charge >= 0.3 is 0 Å². The van der Waals surface area contributed by atoms with Crippen LogP contribution < -0.4 is 15.8 Å². The van der Waals surface area contributed by atoms with Crippen molar-refractivity contribution >= 4 is 33.4 Å². The third kappa shape index (κ3) is 2.63. The van der Waals surface area contributed by atoms with Gasteiger partial charge < -0.3 is 15.8 Å². The molecule has 0 saturated heterocycles. The summed E-state index contributed by atoms with van der Waals surface area (Å²) in [6.45, 7) is 0. The minimum absolute atomic E-state index is 0.110. The van der Waals surface area contributed by atoms with E-state index in [0.717, 1.165) is 0 Å². The monoisotopic (exact) mass is 300 g/mol. The second-order valence-electron chi connectivity index (χ2n) is 4.21. The van der Waals surface area contributed by atoms with Crippen molar-refractivity contribution in [1.29, 1.82) is 0 Å². The molecule has 0 atom stereocenters. The second-order valence-corrected chi connectivity index (χ2v) is 5.24. The molecule has 21 heavy (non-hydrogen) atoms. The molecular formula is C14H12N4O2S. The van der Waals surface area contributed by atoms with Gasteiger partial charge in [0.2, 0.25) is 11.8 Å². The number of carbonyl (C=O) groups excluding carboxylic acids is 1. The van der Waals surface area contributed by atoms with E-state index in [2.05, 4.69) is 15.3 Å². The number of amides is 1. The van der Waals surface area contributed by atoms with Crippen molar-refractivity contribution < 1.29 is 9.53 Å². The number of nitrogens with one attached hydrogen (secondary N) is 1. The fraction of sp³-hybridized carbons (Fsp3) is 0.0714. The zero-order valence-corrected chi connectivity index (χ0v) is 12.0. The summed E-state index contributed by atoms with van der Waals surface area (Å²) in [4.78, 5) is 21.1. The Hall–Kier alpha value is -2.67. The second kappa shape index (κ2) is 5.37. The predicted octanol–water partition coefficient (Wildman–Crippen LogP) is 2.43. The van der Waals surface area contributed by atoms with E-state index < -0.39 is 0 Å². The zero-order chi connectivity index (χ0) is 14.8. The first-order valence-electron chi connectivity index (χ1n) is 6.19. The maximum absolute atomic E-state index is 11.7. The van der Waals surface area contributed by atoms with E-state index in [0.29, 0.717) is 26.7 Å². The number of thiophene rings is 1. The number of aromatic nitrogens is 2. The van der Waals surface area contributed by atoms with E-state index in [9.17, 15) is 4.79 Å². The van der Waals surface area contributed by atoms with Gasteiger partial charge in [0.25, 0.3) is 5.91 Å². The smallest absolute Gasteiger partial charge is 0.261 e. The predicted molar refractivity (Wildman–Crippen MR) is 81.7 cm³/mol. The van der Waals surface area contributed by atoms with Crippen LogP contribution in [0.15, 0.2) is 36.4 Å². The van der Waals surface area contributed by atoms with Crippen LogP contribution in [-0.4, -0.2) is 22.9 Å². The van der Waals surface area contributed by atoms with Crippen LogP contribution in [0.3, 0.4) is 0 Å². The highest BCUT2D eigenvalue weighted by Crippen LogP contribution is 2.33. The number of hydrogen-bond donors (Lipinski definition) is 2. The molecule has 0 fully saturated rings. The topological polar surface area (TPSA) is 90.1 Å². The maximum Gasteiger partial charge on any atom is 0.261 e. The highest BCUT2D eigenvalue weighted by molar-refractivity contribution is 7.20. The molecule has 0 saturated carbocycles. The summed E-state index contributed by atoms with van der Waals surface area (Å²) >= 11 is 1.25. The van der Waals surface area contributed by atoms with Gasteiger partial charge in [-0.25, -0.2) is 4.98 Å². The lowest BCUT2D eigenvalue weighted by Crippen LogP contribution is -2.15. The van der Waals surface area contributed by atoms with Crippen LogP contribution in [0.25, 0.3) is 10.2 Å². The first kappa shape index (κ1) is 13.3. The molecule has 2 aromatic heterocycles. The molecule has 0 aliphatic carbocycles. The quantitative estimate of drug-likeness (QED) is 0.775. The SMILES string of the molecule is CNC(=O)c1cc2c(Oc3ccccc3)nc(N)nc2s1. The molecule has 0 radical (unpaired) electrons. The lowest BCUT2D eigenvalue weighted by atomic mass is 10.3. The van der Waals surface area contributed by atoms with E-state index in [-0.39, 0.29) is 11.9 Å². The fourth-order valence-corrected chi connectivity index (χ4v) is 2.80. The Morgan fingerprint density at radius 3 is 2.76 bits per heavy atom. The summed E-state index contributed by atoms with van der Waals surface area (Å²) in [5, 5.41) is 3.24. The molecule has 106 valence electrons. The van der Waals surface area contributed by atoms with Gasteiger partial charge in [0.15, 0.2) is 0 Å². The standard InChI is InChI=1S/C14H12N4O2S/c1-16-11(19)10-7-9-12(17-14(15)18-13(9)21-10)20-8-5-3-2-4-6-8/h2-7H,1H3,(H,16,19)(H2,15,17,18). The Kier molecular flexibility index (Phi) is 3.41. The van der Waals surface area contributed by atoms with Gasteiger partial charge in [0.1, 0.15) is 10.6 Å². The summed E-state index contributed by atoms with van der Waals surface area (Å²) in [7, 11) is 1.58. The Labute approximate surface area is 124 Å². The van der Waals surface area contributed by atoms with Crippen molar-refractivity contribution in [2.45, 2.75) is 0 Å². The summed E-state index contributed by atoms with van der Waals surface area (Å²) < 4.78 is 5.74. The summed E-state index contributed by atoms with van der Waals surface area (Å²) in [6, 6.07) is 11.0. The molecule has 3 N–H and O–H groups in total. The first-order chi connectivity index (χ1) is 10.2. The number of hydrogen-bond acceptors (Lipinski definition) is 6. The minimum Gasteiger partial charge on any atom is -0.438 e. The average molecular weight is 300 g/mol. The van der Waals surface area contributed by atoms with Gasteiger partial charge in [-0.15, -0.1) is 11.3 Å². The van der Waals surface area contributed by atoms with Crippen LogP contribution in [0.1, 0.15) is 9.67 Å². The van der Waals surface area contributed by atoms with Crippen LogP contribution in [0.2, 0.25) is 0 Å². The van der Waals surface area contributed by atoms with Crippen molar-refractivity contribution in [1.82, 2.24) is 15.3 Å². The van der Waals surface area contributed by atoms with Gasteiger partial charge in [-0.2, -0.15) is 4.98 Å². The van der Waals surface area contributed by atoms with Gasteiger partial charge in [-0.3, -0.25) is 4.79 Å². The fourth-order valence-electron chi connectivity index (χ4n) is 1.82. The maximum atomic E-state index is 11.7. The lowest BCUT2D eigenvalue weighted by Gasteiger charge is -2.05. The number of benzene rings is 1. The van der Waals surface area contributed by atoms with Crippen molar-refractivity contribution in [3.8, 4) is 11.6 Å². The number of nitrogen functional groups attached to an aromatic ring is 1. The largest absolute Gasteiger partial charge is 0.438 e. The summed E-state index contributed by atoms with van der Waals surface area (Å²) in [6.07, 6.45) is 0. The number of fused-ring (bicyclic) bond motifs is 1. The molecule has 3 rings (SSSR count). The van der Waals surface area contributed by atoms with E-state index in [1.54, 1.807) is 13.1 Å². The molecule has 7 heteroatoms. The number of carbonyl (C=O) groups is 1. The molecule has 6 nitrogen and oxygen atoms in total. The molecule has 0 spiro atoms. The summed E-state index contributed by atoms with van der Waals surface area (Å²) in [5.74, 6) is 0.917. The number of para-hydroxylation sites is 1. The van der Waals surface area contributed by atoms with Crippen molar-refractivity contribution in [3.05, 3.63) is 41.3 Å². The average Bonchev–Trinajstić information content (AvgIpc) is 2.91. The Morgan fingerprint density at radius 2 is 2.05 bits per heavy atom. The van der Waals surface area contributed by atoms with E-state index in [1.807, 2.05) is 30.3 Å². The normalized spacial score (nSPS) is 10.5. The number of rotatable bonds is 3. The molecule has 0 aliphatic heterocycles. The number of ether oxygens (including phenoxy) is 1. The third-order valence-electron chi connectivity index (χ3n) is 2.78. The first-order valence-corrected chi connectivity index (χ1v) is 7.01. The molecule has 3 aromatic rings. The van der Waals surface area contributed by atoms with Crippen LogP contribution >= 0.6 is 11.3 Å². The van der Waals surface area contributed by atoms with Crippen molar-refractivity contribution in [3.63, 3.8) is 0 Å². The van der Waals surface area contributed by atoms with Gasteiger partial charge in [0.05, 0.1) is 10.3 Å². The number of anilines is 1. The third-order valence-corrected chi connectivity index (χ3v) is 3.81. The molecule has 0 unspecified atom stereocenters. The van der Waals surface area contributed by atoms with E-state index >= 15 is 0 Å². The van der Waals surface area contributed by atoms with Crippen LogP contribution in [0, 0.1) is 0 Å². The summed E-state index contributed by atoms with van der Waals surface area (Å²) in [5.41, 5.74) is 5.70. The van der Waals surface area contributed by atoms with E-state index in [4.69, 9.17) is 10.5 Å². The van der Waals surface area contributed by atoms with Crippen LogP contribution in [-0.2, 0) is 0 Å². The molecule has 0 bridgehead atoms.